The van der Waals surface area contributed by atoms with Crippen molar-refractivity contribution in [1.82, 2.24) is 5.32 Å². The van der Waals surface area contributed by atoms with Gasteiger partial charge < -0.3 is 5.32 Å². The van der Waals surface area contributed by atoms with Crippen LogP contribution in [0.25, 0.3) is 0 Å². The van der Waals surface area contributed by atoms with Gasteiger partial charge in [-0.05, 0) is 77.7 Å². The van der Waals surface area contributed by atoms with E-state index in [1.807, 2.05) is 46.9 Å². The van der Waals surface area contributed by atoms with Crippen LogP contribution in [0.3, 0.4) is 0 Å². The molecule has 1 amide bonds. The predicted octanol–water partition coefficient (Wildman–Crippen LogP) is 4.89. The SMILES string of the molecule is O=C(NC1(c2ccc(Cl)cc2)CCC1)c1ccc(F)cc1I. The molecule has 2 nitrogen and oxygen atoms in total. The van der Waals surface area contributed by atoms with Crippen molar-refractivity contribution in [3.63, 3.8) is 0 Å². The molecule has 114 valence electrons. The lowest BCUT2D eigenvalue weighted by molar-refractivity contribution is 0.0822. The quantitative estimate of drug-likeness (QED) is 0.692. The standard InChI is InChI=1S/C17H14ClFINO/c18-12-4-2-11(3-5-12)17(8-1-9-17)21-16(22)14-7-6-13(19)10-15(14)20/h2-7,10H,1,8-9H2,(H,21,22). The summed E-state index contributed by atoms with van der Waals surface area (Å²) in [5.41, 5.74) is 1.23. The van der Waals surface area contributed by atoms with Gasteiger partial charge in [-0.2, -0.15) is 0 Å². The van der Waals surface area contributed by atoms with Crippen molar-refractivity contribution in [2.24, 2.45) is 0 Å². The Hall–Kier alpha value is -1.14. The number of hydrogen-bond donors (Lipinski definition) is 1. The number of halogens is 3. The Kier molecular flexibility index (Phi) is 4.41. The van der Waals surface area contributed by atoms with E-state index in [9.17, 15) is 9.18 Å². The van der Waals surface area contributed by atoms with Crippen molar-refractivity contribution < 1.29 is 9.18 Å². The number of amides is 1. The smallest absolute Gasteiger partial charge is 0.253 e. The molecule has 1 aliphatic carbocycles. The fourth-order valence-corrected chi connectivity index (χ4v) is 3.59. The molecule has 0 bridgehead atoms. The maximum atomic E-state index is 13.2. The maximum absolute atomic E-state index is 13.2. The molecule has 0 aliphatic heterocycles. The van der Waals surface area contributed by atoms with Crippen LogP contribution in [0.4, 0.5) is 4.39 Å². The third-order valence-electron chi connectivity index (χ3n) is 4.13. The summed E-state index contributed by atoms with van der Waals surface area (Å²) in [6.45, 7) is 0. The average Bonchev–Trinajstić information content (AvgIpc) is 2.43. The van der Waals surface area contributed by atoms with Crippen molar-refractivity contribution in [3.05, 3.63) is 68.0 Å². The van der Waals surface area contributed by atoms with Crippen LogP contribution in [0, 0.1) is 9.39 Å². The lowest BCUT2D eigenvalue weighted by Gasteiger charge is -2.43. The van der Waals surface area contributed by atoms with E-state index >= 15 is 0 Å². The molecule has 0 unspecified atom stereocenters. The highest BCUT2D eigenvalue weighted by Crippen LogP contribution is 2.41. The van der Waals surface area contributed by atoms with Crippen LogP contribution >= 0.6 is 34.2 Å². The van der Waals surface area contributed by atoms with E-state index in [4.69, 9.17) is 11.6 Å². The third kappa shape index (κ3) is 2.99. The minimum atomic E-state index is -0.336. The van der Waals surface area contributed by atoms with Crippen LogP contribution in [0.2, 0.25) is 5.02 Å². The van der Waals surface area contributed by atoms with Crippen LogP contribution < -0.4 is 5.32 Å². The number of hydrogen-bond acceptors (Lipinski definition) is 1. The van der Waals surface area contributed by atoms with Crippen LogP contribution in [0.1, 0.15) is 35.2 Å². The summed E-state index contributed by atoms with van der Waals surface area (Å²) < 4.78 is 13.8. The topological polar surface area (TPSA) is 29.1 Å². The van der Waals surface area contributed by atoms with Crippen molar-refractivity contribution in [3.8, 4) is 0 Å². The highest BCUT2D eigenvalue weighted by Gasteiger charge is 2.40. The van der Waals surface area contributed by atoms with E-state index in [0.29, 0.717) is 14.2 Å². The van der Waals surface area contributed by atoms with Gasteiger partial charge in [0.05, 0.1) is 11.1 Å². The number of nitrogens with one attached hydrogen (secondary N) is 1. The number of rotatable bonds is 3. The molecular weight excluding hydrogens is 416 g/mol. The van der Waals surface area contributed by atoms with Gasteiger partial charge >= 0.3 is 0 Å². The monoisotopic (exact) mass is 429 g/mol. The van der Waals surface area contributed by atoms with Gasteiger partial charge in [0.2, 0.25) is 0 Å². The zero-order chi connectivity index (χ0) is 15.7. The Morgan fingerprint density at radius 1 is 1.18 bits per heavy atom. The number of benzene rings is 2. The summed E-state index contributed by atoms with van der Waals surface area (Å²) in [6.07, 6.45) is 2.87. The van der Waals surface area contributed by atoms with Crippen LogP contribution in [-0.2, 0) is 5.54 Å². The van der Waals surface area contributed by atoms with Gasteiger partial charge in [-0.25, -0.2) is 4.39 Å². The van der Waals surface area contributed by atoms with Gasteiger partial charge in [0.15, 0.2) is 0 Å². The minimum Gasteiger partial charge on any atom is -0.342 e. The molecule has 1 saturated carbocycles. The zero-order valence-electron chi connectivity index (χ0n) is 11.7. The molecule has 5 heteroatoms. The van der Waals surface area contributed by atoms with Crippen LogP contribution in [0.15, 0.2) is 42.5 Å². The summed E-state index contributed by atoms with van der Waals surface area (Å²) in [5.74, 6) is -0.504. The highest BCUT2D eigenvalue weighted by atomic mass is 127. The fourth-order valence-electron chi connectivity index (χ4n) is 2.74. The van der Waals surface area contributed by atoms with E-state index in [1.165, 1.54) is 18.2 Å². The van der Waals surface area contributed by atoms with Gasteiger partial charge in [-0.15, -0.1) is 0 Å². The van der Waals surface area contributed by atoms with E-state index in [2.05, 4.69) is 5.32 Å². The second-order valence-electron chi connectivity index (χ2n) is 5.52. The molecular formula is C17H14ClFINO. The molecule has 2 aromatic rings. The molecule has 0 saturated heterocycles. The van der Waals surface area contributed by atoms with Gasteiger partial charge in [0.1, 0.15) is 5.82 Å². The maximum Gasteiger partial charge on any atom is 0.253 e. The zero-order valence-corrected chi connectivity index (χ0v) is 14.6. The number of carbonyl (C=O) groups is 1. The van der Waals surface area contributed by atoms with E-state index in [0.717, 1.165) is 24.8 Å². The van der Waals surface area contributed by atoms with Crippen LogP contribution in [-0.4, -0.2) is 5.91 Å². The summed E-state index contributed by atoms with van der Waals surface area (Å²) in [6, 6.07) is 11.8. The van der Waals surface area contributed by atoms with Crippen LogP contribution in [0.5, 0.6) is 0 Å². The first-order chi connectivity index (χ1) is 10.5. The first-order valence-corrected chi connectivity index (χ1v) is 8.49. The van der Waals surface area contributed by atoms with Crippen molar-refractivity contribution >= 4 is 40.1 Å². The van der Waals surface area contributed by atoms with E-state index < -0.39 is 0 Å². The van der Waals surface area contributed by atoms with Gasteiger partial charge in [-0.1, -0.05) is 23.7 Å². The van der Waals surface area contributed by atoms with Crippen molar-refractivity contribution in [1.29, 1.82) is 0 Å². The Morgan fingerprint density at radius 3 is 2.41 bits per heavy atom. The fraction of sp³-hybridized carbons (Fsp3) is 0.235. The minimum absolute atomic E-state index is 0.168. The Morgan fingerprint density at radius 2 is 1.86 bits per heavy atom. The summed E-state index contributed by atoms with van der Waals surface area (Å²) >= 11 is 7.92. The van der Waals surface area contributed by atoms with Gasteiger partial charge in [-0.3, -0.25) is 4.79 Å². The predicted molar refractivity (Wildman–Crippen MR) is 93.6 cm³/mol. The van der Waals surface area contributed by atoms with E-state index in [1.54, 1.807) is 0 Å². The van der Waals surface area contributed by atoms with E-state index in [-0.39, 0.29) is 17.3 Å². The second kappa shape index (κ2) is 6.16. The molecule has 0 aromatic heterocycles. The number of carbonyl (C=O) groups excluding carboxylic acids is 1. The lowest BCUT2D eigenvalue weighted by Crippen LogP contribution is -2.50. The molecule has 3 rings (SSSR count). The molecule has 22 heavy (non-hydrogen) atoms. The summed E-state index contributed by atoms with van der Waals surface area (Å²) in [5, 5.41) is 3.81. The third-order valence-corrected chi connectivity index (χ3v) is 5.28. The normalized spacial score (nSPS) is 16.0. The Labute approximate surface area is 147 Å². The molecule has 0 atom stereocenters. The largest absolute Gasteiger partial charge is 0.342 e. The molecule has 1 N–H and O–H groups in total. The first-order valence-electron chi connectivity index (χ1n) is 7.04. The molecule has 0 spiro atoms. The summed E-state index contributed by atoms with van der Waals surface area (Å²) in [7, 11) is 0. The van der Waals surface area contributed by atoms with Gasteiger partial charge in [0, 0.05) is 8.59 Å². The van der Waals surface area contributed by atoms with Crippen molar-refractivity contribution in [2.75, 3.05) is 0 Å². The Balaban J connectivity index is 1.86. The highest BCUT2D eigenvalue weighted by molar-refractivity contribution is 14.1. The lowest BCUT2D eigenvalue weighted by atomic mass is 9.71. The molecule has 0 radical (unpaired) electrons. The summed E-state index contributed by atoms with van der Waals surface area (Å²) in [4.78, 5) is 12.6. The molecule has 0 heterocycles. The molecule has 1 fully saturated rings. The Bertz CT molecular complexity index is 713. The molecule has 1 aliphatic rings. The first kappa shape index (κ1) is 15.7. The second-order valence-corrected chi connectivity index (χ2v) is 7.12. The van der Waals surface area contributed by atoms with Gasteiger partial charge in [0.25, 0.3) is 5.91 Å². The van der Waals surface area contributed by atoms with Crippen molar-refractivity contribution in [2.45, 2.75) is 24.8 Å². The average molecular weight is 430 g/mol. The molecule has 2 aromatic carbocycles.